The quantitative estimate of drug-likeness (QED) is 0.257. The molecule has 2 N–H and O–H groups in total. The molecule has 0 radical (unpaired) electrons. The highest BCUT2D eigenvalue weighted by atomic mass is 127. The smallest absolute Gasteiger partial charge is 0.191 e. The van der Waals surface area contributed by atoms with Gasteiger partial charge in [-0.3, -0.25) is 4.99 Å². The molecule has 0 aliphatic carbocycles. The van der Waals surface area contributed by atoms with Gasteiger partial charge in [0.25, 0.3) is 0 Å². The Labute approximate surface area is 157 Å². The van der Waals surface area contributed by atoms with E-state index in [0.29, 0.717) is 13.2 Å². The molecule has 5 nitrogen and oxygen atoms in total. The number of hydrogen-bond donors (Lipinski definition) is 2. The Morgan fingerprint density at radius 1 is 1.13 bits per heavy atom. The molecule has 1 rings (SSSR count). The van der Waals surface area contributed by atoms with E-state index in [0.717, 1.165) is 50.0 Å². The van der Waals surface area contributed by atoms with Crippen molar-refractivity contribution in [3.63, 3.8) is 0 Å². The minimum absolute atomic E-state index is 0. The van der Waals surface area contributed by atoms with Gasteiger partial charge in [0.2, 0.25) is 0 Å². The molecule has 1 aromatic carbocycles. The average molecular weight is 435 g/mol. The van der Waals surface area contributed by atoms with Crippen LogP contribution in [-0.4, -0.2) is 45.4 Å². The summed E-state index contributed by atoms with van der Waals surface area (Å²) in [6, 6.07) is 8.04. The Kier molecular flexibility index (Phi) is 13.9. The maximum Gasteiger partial charge on any atom is 0.191 e. The zero-order valence-electron chi connectivity index (χ0n) is 14.4. The molecule has 0 heterocycles. The van der Waals surface area contributed by atoms with Crippen LogP contribution in [0.3, 0.4) is 0 Å². The van der Waals surface area contributed by atoms with Gasteiger partial charge in [0.05, 0.1) is 6.54 Å². The minimum atomic E-state index is 0. The second-order valence-electron chi connectivity index (χ2n) is 4.85. The highest BCUT2D eigenvalue weighted by Crippen LogP contribution is 2.15. The maximum atomic E-state index is 5.76. The number of ether oxygens (including phenoxy) is 2. The Bertz CT molecular complexity index is 442. The molecule has 132 valence electrons. The lowest BCUT2D eigenvalue weighted by atomic mass is 10.2. The summed E-state index contributed by atoms with van der Waals surface area (Å²) in [4.78, 5) is 4.51. The molecule has 0 aliphatic heterocycles. The van der Waals surface area contributed by atoms with Gasteiger partial charge in [-0.15, -0.1) is 24.0 Å². The number of guanidine groups is 1. The van der Waals surface area contributed by atoms with Crippen LogP contribution < -0.4 is 15.4 Å². The Morgan fingerprint density at radius 2 is 1.91 bits per heavy atom. The molecule has 0 unspecified atom stereocenters. The van der Waals surface area contributed by atoms with E-state index in [1.165, 1.54) is 0 Å². The fourth-order valence-corrected chi connectivity index (χ4v) is 1.89. The van der Waals surface area contributed by atoms with E-state index in [2.05, 4.69) is 22.5 Å². The first-order valence-corrected chi connectivity index (χ1v) is 8.06. The van der Waals surface area contributed by atoms with Crippen molar-refractivity contribution in [2.24, 2.45) is 4.99 Å². The summed E-state index contributed by atoms with van der Waals surface area (Å²) in [6.07, 6.45) is 0.935. The van der Waals surface area contributed by atoms with E-state index in [-0.39, 0.29) is 24.0 Å². The minimum Gasteiger partial charge on any atom is -0.491 e. The van der Waals surface area contributed by atoms with Crippen LogP contribution in [0.2, 0.25) is 0 Å². The molecule has 0 amide bonds. The summed E-state index contributed by atoms with van der Waals surface area (Å²) in [6.45, 7) is 10.6. The van der Waals surface area contributed by atoms with Crippen LogP contribution in [0.4, 0.5) is 0 Å². The molecule has 0 aliphatic rings. The summed E-state index contributed by atoms with van der Waals surface area (Å²) in [7, 11) is 0. The molecular weight excluding hydrogens is 405 g/mol. The standard InChI is InChI=1S/C17H29N3O2.HI/c1-4-18-17(19-11-8-13-21-5-2)20-12-14-22-16-10-7-6-9-15(16)3;/h6-7,9-10H,4-5,8,11-14H2,1-3H3,(H2,18,19,20);1H. The molecule has 0 spiro atoms. The van der Waals surface area contributed by atoms with Crippen molar-refractivity contribution < 1.29 is 9.47 Å². The van der Waals surface area contributed by atoms with Crippen LogP contribution in [0.25, 0.3) is 0 Å². The van der Waals surface area contributed by atoms with Crippen molar-refractivity contribution in [2.75, 3.05) is 39.5 Å². The van der Waals surface area contributed by atoms with Gasteiger partial charge in [-0.05, 0) is 38.8 Å². The number of nitrogens with one attached hydrogen (secondary N) is 2. The van der Waals surface area contributed by atoms with E-state index < -0.39 is 0 Å². The number of hydrogen-bond acceptors (Lipinski definition) is 3. The highest BCUT2D eigenvalue weighted by molar-refractivity contribution is 14.0. The number of halogens is 1. The summed E-state index contributed by atoms with van der Waals surface area (Å²) >= 11 is 0. The van der Waals surface area contributed by atoms with Crippen LogP contribution in [0, 0.1) is 6.92 Å². The Morgan fingerprint density at radius 3 is 2.61 bits per heavy atom. The number of rotatable bonds is 10. The number of nitrogens with zero attached hydrogens (tertiary/aromatic N) is 1. The van der Waals surface area contributed by atoms with Crippen LogP contribution in [0.5, 0.6) is 5.75 Å². The van der Waals surface area contributed by atoms with Crippen molar-refractivity contribution >= 4 is 29.9 Å². The monoisotopic (exact) mass is 435 g/mol. The molecule has 0 bridgehead atoms. The number of para-hydroxylation sites is 1. The normalized spacial score (nSPS) is 10.8. The predicted octanol–water partition coefficient (Wildman–Crippen LogP) is 2.97. The molecule has 1 aromatic rings. The lowest BCUT2D eigenvalue weighted by molar-refractivity contribution is 0.146. The highest BCUT2D eigenvalue weighted by Gasteiger charge is 1.99. The predicted molar refractivity (Wildman–Crippen MR) is 107 cm³/mol. The summed E-state index contributed by atoms with van der Waals surface area (Å²) in [5.74, 6) is 1.76. The fraction of sp³-hybridized carbons (Fsp3) is 0.588. The zero-order valence-corrected chi connectivity index (χ0v) is 16.8. The van der Waals surface area contributed by atoms with Gasteiger partial charge in [-0.25, -0.2) is 0 Å². The average Bonchev–Trinajstić information content (AvgIpc) is 2.52. The van der Waals surface area contributed by atoms with E-state index in [1.54, 1.807) is 0 Å². The molecule has 23 heavy (non-hydrogen) atoms. The molecular formula is C17H30IN3O2. The molecule has 0 fully saturated rings. The molecule has 6 heteroatoms. The van der Waals surface area contributed by atoms with Gasteiger partial charge in [0.1, 0.15) is 12.4 Å². The molecule has 0 atom stereocenters. The van der Waals surface area contributed by atoms with Crippen molar-refractivity contribution in [3.8, 4) is 5.75 Å². The summed E-state index contributed by atoms with van der Waals surface area (Å²) in [5.41, 5.74) is 1.15. The van der Waals surface area contributed by atoms with Crippen LogP contribution in [0.15, 0.2) is 29.3 Å². The zero-order chi connectivity index (χ0) is 16.0. The van der Waals surface area contributed by atoms with Gasteiger partial charge < -0.3 is 20.1 Å². The third-order valence-electron chi connectivity index (χ3n) is 3.01. The van der Waals surface area contributed by atoms with Crippen molar-refractivity contribution in [1.29, 1.82) is 0 Å². The van der Waals surface area contributed by atoms with E-state index in [1.807, 2.05) is 38.1 Å². The molecule has 0 aromatic heterocycles. The van der Waals surface area contributed by atoms with Crippen LogP contribution in [0.1, 0.15) is 25.8 Å². The first-order chi connectivity index (χ1) is 10.8. The molecule has 0 saturated carbocycles. The molecule has 0 saturated heterocycles. The fourth-order valence-electron chi connectivity index (χ4n) is 1.89. The number of aliphatic imine (C=N–C) groups is 1. The van der Waals surface area contributed by atoms with Gasteiger partial charge in [0.15, 0.2) is 5.96 Å². The Hall–Kier alpha value is -1.02. The van der Waals surface area contributed by atoms with Crippen molar-refractivity contribution in [1.82, 2.24) is 10.6 Å². The largest absolute Gasteiger partial charge is 0.491 e. The van der Waals surface area contributed by atoms with Crippen LogP contribution in [-0.2, 0) is 4.74 Å². The van der Waals surface area contributed by atoms with Gasteiger partial charge in [0, 0.05) is 26.3 Å². The maximum absolute atomic E-state index is 5.76. The number of aryl methyl sites for hydroxylation is 1. The van der Waals surface area contributed by atoms with Crippen molar-refractivity contribution in [2.45, 2.75) is 27.2 Å². The van der Waals surface area contributed by atoms with Gasteiger partial charge in [-0.2, -0.15) is 0 Å². The Balaban J connectivity index is 0.00000484. The third-order valence-corrected chi connectivity index (χ3v) is 3.01. The van der Waals surface area contributed by atoms with Gasteiger partial charge >= 0.3 is 0 Å². The second kappa shape index (κ2) is 14.6. The van der Waals surface area contributed by atoms with E-state index >= 15 is 0 Å². The number of benzene rings is 1. The van der Waals surface area contributed by atoms with E-state index in [4.69, 9.17) is 9.47 Å². The topological polar surface area (TPSA) is 54.9 Å². The second-order valence-corrected chi connectivity index (χ2v) is 4.85. The summed E-state index contributed by atoms with van der Waals surface area (Å²) < 4.78 is 11.1. The first kappa shape index (κ1) is 22.0. The van der Waals surface area contributed by atoms with Crippen molar-refractivity contribution in [3.05, 3.63) is 29.8 Å². The SMILES string of the molecule is CCNC(=NCCCOCC)NCCOc1ccccc1C.I. The summed E-state index contributed by atoms with van der Waals surface area (Å²) in [5, 5.41) is 6.50. The van der Waals surface area contributed by atoms with Crippen LogP contribution >= 0.6 is 24.0 Å². The lowest BCUT2D eigenvalue weighted by Crippen LogP contribution is -2.39. The third kappa shape index (κ3) is 10.4. The first-order valence-electron chi connectivity index (χ1n) is 8.06. The van der Waals surface area contributed by atoms with E-state index in [9.17, 15) is 0 Å². The van der Waals surface area contributed by atoms with Gasteiger partial charge in [-0.1, -0.05) is 18.2 Å². The lowest BCUT2D eigenvalue weighted by Gasteiger charge is -2.13.